The Labute approximate surface area is 82.5 Å². The van der Waals surface area contributed by atoms with Gasteiger partial charge in [-0.15, -0.1) is 0 Å². The third-order valence-corrected chi connectivity index (χ3v) is 3.40. The zero-order chi connectivity index (χ0) is 9.52. The Balaban J connectivity index is 2.03. The molecule has 0 aliphatic heterocycles. The Bertz CT molecular complexity index is 116. The lowest BCUT2D eigenvalue weighted by molar-refractivity contribution is 0.168. The standard InChI is InChI=1S/C12H23O/c1-11(9-10-13)7-8-12-5-3-2-4-6-12/h11-12H,2-10H2,1H3. The van der Waals surface area contributed by atoms with E-state index in [4.69, 9.17) is 0 Å². The van der Waals surface area contributed by atoms with Crippen LogP contribution in [0.25, 0.3) is 0 Å². The van der Waals surface area contributed by atoms with Gasteiger partial charge >= 0.3 is 0 Å². The predicted molar refractivity (Wildman–Crippen MR) is 55.1 cm³/mol. The molecule has 1 radical (unpaired) electrons. The molecule has 0 spiro atoms. The van der Waals surface area contributed by atoms with E-state index in [-0.39, 0.29) is 6.61 Å². The van der Waals surface area contributed by atoms with E-state index >= 15 is 0 Å². The van der Waals surface area contributed by atoms with Gasteiger partial charge in [0.15, 0.2) is 0 Å². The molecular weight excluding hydrogens is 160 g/mol. The smallest absolute Gasteiger partial charge is 0.0824 e. The van der Waals surface area contributed by atoms with E-state index < -0.39 is 0 Å². The average Bonchev–Trinajstić information content (AvgIpc) is 2.17. The summed E-state index contributed by atoms with van der Waals surface area (Å²) in [5.41, 5.74) is 0. The van der Waals surface area contributed by atoms with Crippen molar-refractivity contribution in [3.63, 3.8) is 0 Å². The van der Waals surface area contributed by atoms with Crippen LogP contribution in [0.1, 0.15) is 58.3 Å². The van der Waals surface area contributed by atoms with Crippen molar-refractivity contribution in [2.45, 2.75) is 58.3 Å². The van der Waals surface area contributed by atoms with Gasteiger partial charge in [0.2, 0.25) is 0 Å². The second kappa shape index (κ2) is 6.42. The van der Waals surface area contributed by atoms with Crippen LogP contribution < -0.4 is 0 Å². The zero-order valence-corrected chi connectivity index (χ0v) is 8.93. The number of hydrogen-bond acceptors (Lipinski definition) is 0. The summed E-state index contributed by atoms with van der Waals surface area (Å²) in [4.78, 5) is 0. The molecule has 1 rings (SSSR count). The second-order valence-electron chi connectivity index (χ2n) is 4.68. The molecule has 13 heavy (non-hydrogen) atoms. The van der Waals surface area contributed by atoms with Crippen molar-refractivity contribution in [2.24, 2.45) is 11.8 Å². The van der Waals surface area contributed by atoms with Crippen molar-refractivity contribution in [2.75, 3.05) is 6.61 Å². The van der Waals surface area contributed by atoms with E-state index in [0.29, 0.717) is 5.92 Å². The lowest BCUT2D eigenvalue weighted by atomic mass is 9.84. The molecule has 0 aromatic rings. The van der Waals surface area contributed by atoms with E-state index in [0.717, 1.165) is 12.3 Å². The van der Waals surface area contributed by atoms with E-state index in [2.05, 4.69) is 6.92 Å². The normalized spacial score (nSPS) is 21.7. The quantitative estimate of drug-likeness (QED) is 0.618. The maximum Gasteiger partial charge on any atom is 0.0824 e. The second-order valence-corrected chi connectivity index (χ2v) is 4.68. The van der Waals surface area contributed by atoms with E-state index in [1.807, 2.05) is 0 Å². The Morgan fingerprint density at radius 2 is 1.85 bits per heavy atom. The van der Waals surface area contributed by atoms with Gasteiger partial charge < -0.3 is 0 Å². The summed E-state index contributed by atoms with van der Waals surface area (Å²) in [5, 5.41) is 10.4. The molecule has 0 amide bonds. The number of rotatable bonds is 5. The lowest BCUT2D eigenvalue weighted by Gasteiger charge is -2.22. The largest absolute Gasteiger partial charge is 0.237 e. The maximum absolute atomic E-state index is 10.4. The molecule has 1 unspecified atom stereocenters. The van der Waals surface area contributed by atoms with Crippen LogP contribution in [0.2, 0.25) is 0 Å². The van der Waals surface area contributed by atoms with E-state index in [9.17, 15) is 5.11 Å². The molecule has 1 aliphatic rings. The van der Waals surface area contributed by atoms with Gasteiger partial charge in [0.1, 0.15) is 0 Å². The molecule has 0 aromatic carbocycles. The minimum absolute atomic E-state index is 0.117. The van der Waals surface area contributed by atoms with Gasteiger partial charge in [-0.1, -0.05) is 51.9 Å². The Hall–Kier alpha value is -0.0400. The van der Waals surface area contributed by atoms with Crippen LogP contribution in [-0.4, -0.2) is 6.61 Å². The Kier molecular flexibility index (Phi) is 5.45. The van der Waals surface area contributed by atoms with Gasteiger partial charge in [-0.3, -0.25) is 0 Å². The summed E-state index contributed by atoms with van der Waals surface area (Å²) in [5.74, 6) is 1.65. The molecule has 0 aromatic heterocycles. The highest BCUT2D eigenvalue weighted by Crippen LogP contribution is 2.28. The Morgan fingerprint density at radius 1 is 1.15 bits per heavy atom. The summed E-state index contributed by atoms with van der Waals surface area (Å²) in [6.45, 7) is 2.34. The van der Waals surface area contributed by atoms with Crippen molar-refractivity contribution in [1.82, 2.24) is 0 Å². The molecule has 1 atom stereocenters. The summed E-state index contributed by atoms with van der Waals surface area (Å²) in [6.07, 6.45) is 10.8. The van der Waals surface area contributed by atoms with Crippen molar-refractivity contribution in [3.05, 3.63) is 0 Å². The molecule has 1 saturated carbocycles. The molecule has 1 heteroatoms. The van der Waals surface area contributed by atoms with Crippen molar-refractivity contribution in [1.29, 1.82) is 0 Å². The zero-order valence-electron chi connectivity index (χ0n) is 8.93. The fourth-order valence-corrected chi connectivity index (χ4v) is 2.34. The molecule has 77 valence electrons. The highest BCUT2D eigenvalue weighted by molar-refractivity contribution is 4.67. The van der Waals surface area contributed by atoms with Crippen LogP contribution in [0, 0.1) is 11.8 Å². The molecular formula is C12H23O. The molecule has 1 nitrogen and oxygen atoms in total. The number of hydrogen-bond donors (Lipinski definition) is 0. The van der Waals surface area contributed by atoms with Gasteiger partial charge in [-0.25, -0.2) is 5.11 Å². The monoisotopic (exact) mass is 183 g/mol. The first kappa shape index (κ1) is 11.0. The molecule has 0 saturated heterocycles. The van der Waals surface area contributed by atoms with E-state index in [1.54, 1.807) is 0 Å². The molecule has 1 fully saturated rings. The van der Waals surface area contributed by atoms with Gasteiger partial charge in [-0.2, -0.15) is 0 Å². The fourth-order valence-electron chi connectivity index (χ4n) is 2.34. The van der Waals surface area contributed by atoms with Gasteiger partial charge in [0, 0.05) is 0 Å². The predicted octanol–water partition coefficient (Wildman–Crippen LogP) is 3.80. The van der Waals surface area contributed by atoms with Crippen LogP contribution >= 0.6 is 0 Å². The van der Waals surface area contributed by atoms with Crippen LogP contribution in [0.4, 0.5) is 0 Å². The topological polar surface area (TPSA) is 19.9 Å². The molecule has 1 aliphatic carbocycles. The highest BCUT2D eigenvalue weighted by Gasteiger charge is 2.14. The Morgan fingerprint density at radius 3 is 2.46 bits per heavy atom. The average molecular weight is 183 g/mol. The van der Waals surface area contributed by atoms with Crippen LogP contribution in [-0.2, 0) is 5.11 Å². The third kappa shape index (κ3) is 4.66. The van der Waals surface area contributed by atoms with Crippen LogP contribution in [0.5, 0.6) is 0 Å². The molecule has 0 bridgehead atoms. The first-order valence-electron chi connectivity index (χ1n) is 5.91. The fraction of sp³-hybridized carbons (Fsp3) is 1.00. The van der Waals surface area contributed by atoms with Gasteiger partial charge in [0.25, 0.3) is 0 Å². The summed E-state index contributed by atoms with van der Waals surface area (Å²) >= 11 is 0. The lowest BCUT2D eigenvalue weighted by Crippen LogP contribution is -2.08. The minimum Gasteiger partial charge on any atom is -0.237 e. The van der Waals surface area contributed by atoms with Crippen molar-refractivity contribution in [3.8, 4) is 0 Å². The molecule has 0 N–H and O–H groups in total. The summed E-state index contributed by atoms with van der Waals surface area (Å²) in [7, 11) is 0. The first-order valence-corrected chi connectivity index (χ1v) is 5.91. The van der Waals surface area contributed by atoms with Crippen molar-refractivity contribution >= 4 is 0 Å². The third-order valence-electron chi connectivity index (χ3n) is 3.40. The first-order chi connectivity index (χ1) is 6.33. The van der Waals surface area contributed by atoms with Crippen LogP contribution in [0.3, 0.4) is 0 Å². The highest BCUT2D eigenvalue weighted by atomic mass is 16.3. The van der Waals surface area contributed by atoms with Gasteiger partial charge in [0.05, 0.1) is 6.61 Å². The van der Waals surface area contributed by atoms with Crippen LogP contribution in [0.15, 0.2) is 0 Å². The van der Waals surface area contributed by atoms with Gasteiger partial charge in [-0.05, 0) is 18.3 Å². The van der Waals surface area contributed by atoms with E-state index in [1.165, 1.54) is 44.9 Å². The summed E-state index contributed by atoms with van der Waals surface area (Å²) < 4.78 is 0. The van der Waals surface area contributed by atoms with Crippen molar-refractivity contribution < 1.29 is 5.11 Å². The summed E-state index contributed by atoms with van der Waals surface area (Å²) in [6, 6.07) is 0. The maximum atomic E-state index is 10.4. The minimum atomic E-state index is 0.117. The SMILES string of the molecule is CC(CC[O])CCC1CCCCC1. The molecule has 0 heterocycles.